The number of ether oxygens (including phenoxy) is 1. The number of nitrogens with one attached hydrogen (secondary N) is 1. The van der Waals surface area contributed by atoms with Crippen molar-refractivity contribution in [2.45, 2.75) is 11.8 Å². The van der Waals surface area contributed by atoms with Gasteiger partial charge in [-0.25, -0.2) is 8.42 Å². The summed E-state index contributed by atoms with van der Waals surface area (Å²) in [5, 5.41) is 0. The van der Waals surface area contributed by atoms with Crippen molar-refractivity contribution in [2.24, 2.45) is 0 Å². The highest BCUT2D eigenvalue weighted by Crippen LogP contribution is 2.29. The number of morpholine rings is 1. The van der Waals surface area contributed by atoms with Crippen LogP contribution in [-0.2, 0) is 14.8 Å². The molecule has 1 aliphatic rings. The number of rotatable bonds is 4. The molecule has 2 aromatic rings. The van der Waals surface area contributed by atoms with Gasteiger partial charge in [-0.3, -0.25) is 4.72 Å². The first-order chi connectivity index (χ1) is 11.5. The summed E-state index contributed by atoms with van der Waals surface area (Å²) in [6, 6.07) is 12.4. The Bertz CT molecular complexity index is 833. The highest BCUT2D eigenvalue weighted by molar-refractivity contribution is 9.10. The third-order valence-electron chi connectivity index (χ3n) is 3.94. The average Bonchev–Trinajstić information content (AvgIpc) is 2.58. The molecule has 1 N–H and O–H groups in total. The quantitative estimate of drug-likeness (QED) is 0.838. The van der Waals surface area contributed by atoms with E-state index in [1.165, 1.54) is 0 Å². The van der Waals surface area contributed by atoms with Crippen LogP contribution in [0, 0.1) is 6.92 Å². The molecular weight excluding hydrogens is 392 g/mol. The minimum Gasteiger partial charge on any atom is -0.378 e. The lowest BCUT2D eigenvalue weighted by Gasteiger charge is -2.30. The van der Waals surface area contributed by atoms with Crippen LogP contribution in [0.4, 0.5) is 11.4 Å². The number of hydrogen-bond acceptors (Lipinski definition) is 4. The molecule has 128 valence electrons. The molecule has 7 heteroatoms. The van der Waals surface area contributed by atoms with Crippen LogP contribution in [0.2, 0.25) is 0 Å². The fourth-order valence-electron chi connectivity index (χ4n) is 2.63. The van der Waals surface area contributed by atoms with Crippen molar-refractivity contribution in [3.63, 3.8) is 0 Å². The Balaban J connectivity index is 1.91. The molecule has 0 unspecified atom stereocenters. The van der Waals surface area contributed by atoms with Gasteiger partial charge in [-0.1, -0.05) is 28.1 Å². The molecule has 0 spiro atoms. The van der Waals surface area contributed by atoms with Gasteiger partial charge in [0.25, 0.3) is 10.0 Å². The minimum atomic E-state index is -3.64. The topological polar surface area (TPSA) is 58.6 Å². The summed E-state index contributed by atoms with van der Waals surface area (Å²) in [5.74, 6) is 0. The number of anilines is 2. The van der Waals surface area contributed by atoms with E-state index in [0.717, 1.165) is 28.8 Å². The molecule has 1 fully saturated rings. The molecule has 2 aromatic carbocycles. The number of sulfonamides is 1. The lowest BCUT2D eigenvalue weighted by Crippen LogP contribution is -2.36. The van der Waals surface area contributed by atoms with Crippen molar-refractivity contribution in [1.82, 2.24) is 0 Å². The lowest BCUT2D eigenvalue weighted by molar-refractivity contribution is 0.123. The Hall–Kier alpha value is -1.57. The van der Waals surface area contributed by atoms with E-state index in [0.29, 0.717) is 18.9 Å². The van der Waals surface area contributed by atoms with Crippen molar-refractivity contribution in [1.29, 1.82) is 0 Å². The van der Waals surface area contributed by atoms with Gasteiger partial charge in [0, 0.05) is 17.6 Å². The molecule has 0 radical (unpaired) electrons. The van der Waals surface area contributed by atoms with E-state index in [4.69, 9.17) is 4.74 Å². The Morgan fingerprint density at radius 1 is 1.12 bits per heavy atom. The van der Waals surface area contributed by atoms with Crippen LogP contribution in [0.15, 0.2) is 51.8 Å². The van der Waals surface area contributed by atoms with Crippen LogP contribution in [0.5, 0.6) is 0 Å². The average molecular weight is 411 g/mol. The largest absolute Gasteiger partial charge is 0.378 e. The molecule has 1 heterocycles. The van der Waals surface area contributed by atoms with Crippen LogP contribution in [0.3, 0.4) is 0 Å². The molecule has 0 bridgehead atoms. The van der Waals surface area contributed by atoms with Gasteiger partial charge in [0.2, 0.25) is 0 Å². The normalized spacial score (nSPS) is 15.3. The van der Waals surface area contributed by atoms with Crippen molar-refractivity contribution >= 4 is 37.3 Å². The Morgan fingerprint density at radius 3 is 2.54 bits per heavy atom. The summed E-state index contributed by atoms with van der Waals surface area (Å²) in [5.41, 5.74) is 2.33. The molecule has 0 atom stereocenters. The molecule has 0 aliphatic carbocycles. The maximum Gasteiger partial charge on any atom is 0.261 e. The summed E-state index contributed by atoms with van der Waals surface area (Å²) in [7, 11) is -3.64. The number of halogens is 1. The van der Waals surface area contributed by atoms with Gasteiger partial charge in [0.15, 0.2) is 0 Å². The predicted molar refractivity (Wildman–Crippen MR) is 99.2 cm³/mol. The van der Waals surface area contributed by atoms with Gasteiger partial charge in [-0.15, -0.1) is 0 Å². The molecule has 0 amide bonds. The summed E-state index contributed by atoms with van der Waals surface area (Å²) in [4.78, 5) is 2.38. The number of para-hydroxylation sites is 2. The molecular formula is C17H19BrN2O3S. The standard InChI is InChI=1S/C17H19BrN2O3S/c1-13-12-14(6-7-15(13)18)24(21,22)19-16-4-2-3-5-17(16)20-8-10-23-11-9-20/h2-7,12,19H,8-11H2,1H3. The van der Waals surface area contributed by atoms with E-state index in [1.54, 1.807) is 24.3 Å². The first kappa shape index (κ1) is 17.3. The number of aryl methyl sites for hydroxylation is 1. The van der Waals surface area contributed by atoms with Crippen molar-refractivity contribution in [3.8, 4) is 0 Å². The smallest absolute Gasteiger partial charge is 0.261 e. The zero-order chi connectivity index (χ0) is 17.2. The molecule has 5 nitrogen and oxygen atoms in total. The van der Waals surface area contributed by atoms with E-state index in [9.17, 15) is 8.42 Å². The zero-order valence-corrected chi connectivity index (χ0v) is 15.7. The number of benzene rings is 2. The maximum absolute atomic E-state index is 12.7. The third-order valence-corrected chi connectivity index (χ3v) is 6.19. The second-order valence-electron chi connectivity index (χ2n) is 5.63. The van der Waals surface area contributed by atoms with Crippen molar-refractivity contribution < 1.29 is 13.2 Å². The Kier molecular flexibility index (Phi) is 5.12. The summed E-state index contributed by atoms with van der Waals surface area (Å²) in [6.45, 7) is 4.65. The number of nitrogens with zero attached hydrogens (tertiary/aromatic N) is 1. The van der Waals surface area contributed by atoms with Crippen LogP contribution < -0.4 is 9.62 Å². The minimum absolute atomic E-state index is 0.250. The van der Waals surface area contributed by atoms with E-state index < -0.39 is 10.0 Å². The SMILES string of the molecule is Cc1cc(S(=O)(=O)Nc2ccccc2N2CCOCC2)ccc1Br. The molecule has 3 rings (SSSR count). The van der Waals surface area contributed by atoms with Crippen LogP contribution in [0.25, 0.3) is 0 Å². The van der Waals surface area contributed by atoms with Gasteiger partial charge in [0.05, 0.1) is 29.5 Å². The fourth-order valence-corrected chi connectivity index (χ4v) is 4.03. The fraction of sp³-hybridized carbons (Fsp3) is 0.294. The summed E-state index contributed by atoms with van der Waals surface area (Å²) in [6.07, 6.45) is 0. The van der Waals surface area contributed by atoms with Gasteiger partial charge < -0.3 is 9.64 Å². The van der Waals surface area contributed by atoms with Crippen molar-refractivity contribution in [3.05, 3.63) is 52.5 Å². The van der Waals surface area contributed by atoms with Gasteiger partial charge >= 0.3 is 0 Å². The lowest BCUT2D eigenvalue weighted by atomic mass is 10.2. The molecule has 1 saturated heterocycles. The third kappa shape index (κ3) is 3.74. The van der Waals surface area contributed by atoms with Gasteiger partial charge in [-0.05, 0) is 42.8 Å². The highest BCUT2D eigenvalue weighted by atomic mass is 79.9. The zero-order valence-electron chi connectivity index (χ0n) is 13.3. The molecule has 0 aromatic heterocycles. The maximum atomic E-state index is 12.7. The van der Waals surface area contributed by atoms with E-state index in [1.807, 2.05) is 25.1 Å². The molecule has 24 heavy (non-hydrogen) atoms. The summed E-state index contributed by atoms with van der Waals surface area (Å²) < 4.78 is 34.4. The molecule has 1 aliphatic heterocycles. The van der Waals surface area contributed by atoms with Gasteiger partial charge in [-0.2, -0.15) is 0 Å². The van der Waals surface area contributed by atoms with E-state index >= 15 is 0 Å². The van der Waals surface area contributed by atoms with Crippen LogP contribution in [-0.4, -0.2) is 34.7 Å². The highest BCUT2D eigenvalue weighted by Gasteiger charge is 2.20. The second-order valence-corrected chi connectivity index (χ2v) is 8.17. The Morgan fingerprint density at radius 2 is 1.83 bits per heavy atom. The van der Waals surface area contributed by atoms with Crippen molar-refractivity contribution in [2.75, 3.05) is 35.9 Å². The first-order valence-corrected chi connectivity index (χ1v) is 9.96. The van der Waals surface area contributed by atoms with Crippen LogP contribution in [0.1, 0.15) is 5.56 Å². The second kappa shape index (κ2) is 7.13. The molecule has 0 saturated carbocycles. The number of hydrogen-bond donors (Lipinski definition) is 1. The predicted octanol–water partition coefficient (Wildman–Crippen LogP) is 3.39. The van der Waals surface area contributed by atoms with Gasteiger partial charge in [0.1, 0.15) is 0 Å². The van der Waals surface area contributed by atoms with E-state index in [2.05, 4.69) is 25.6 Å². The summed E-state index contributed by atoms with van der Waals surface area (Å²) >= 11 is 3.39. The monoisotopic (exact) mass is 410 g/mol. The van der Waals surface area contributed by atoms with Crippen LogP contribution >= 0.6 is 15.9 Å². The Labute approximate surface area is 150 Å². The first-order valence-electron chi connectivity index (χ1n) is 7.68. The van der Waals surface area contributed by atoms with E-state index in [-0.39, 0.29) is 4.90 Å².